The summed E-state index contributed by atoms with van der Waals surface area (Å²) < 4.78 is 24.6. The molecule has 0 radical (unpaired) electrons. The monoisotopic (exact) mass is 635 g/mol. The van der Waals surface area contributed by atoms with Crippen LogP contribution in [0.4, 0.5) is 0 Å². The second-order valence-electron chi connectivity index (χ2n) is 11.2. The van der Waals surface area contributed by atoms with Gasteiger partial charge in [0.2, 0.25) is 5.75 Å². The fourth-order valence-corrected chi connectivity index (χ4v) is 5.22. The Morgan fingerprint density at radius 2 is 1.64 bits per heavy atom. The van der Waals surface area contributed by atoms with E-state index in [1.54, 1.807) is 42.6 Å². The Morgan fingerprint density at radius 1 is 0.957 bits per heavy atom. The van der Waals surface area contributed by atoms with Crippen molar-refractivity contribution in [1.82, 2.24) is 9.66 Å². The minimum Gasteiger partial charge on any atom is -0.494 e. The zero-order chi connectivity index (χ0) is 33.7. The molecule has 5 aromatic rings. The van der Waals surface area contributed by atoms with E-state index in [4.69, 9.17) is 29.0 Å². The van der Waals surface area contributed by atoms with Gasteiger partial charge in [-0.3, -0.25) is 4.79 Å². The molecule has 1 aromatic heterocycles. The standard InChI is InChI=1S/C37H37N3O7/c1-7-46-31-16-23(4)29(19-28(31)22(2)3)35-39-30-11-9-8-10-27(30)36(41)40(35)38-20-25-17-32(44-5)34(33(18-25)45-6)47-21-24-12-14-26(15-13-24)37(42)43/h8-20,22H,7,21H2,1-6H3,(H,42,43). The number of fused-ring (bicyclic) bond motifs is 1. The van der Waals surface area contributed by atoms with Crippen LogP contribution in [0.2, 0.25) is 0 Å². The number of nitrogens with zero attached hydrogens (tertiary/aromatic N) is 3. The van der Waals surface area contributed by atoms with E-state index < -0.39 is 5.97 Å². The fourth-order valence-electron chi connectivity index (χ4n) is 5.22. The largest absolute Gasteiger partial charge is 0.494 e. The Kier molecular flexibility index (Phi) is 9.89. The molecule has 47 heavy (non-hydrogen) atoms. The molecule has 4 aromatic carbocycles. The normalized spacial score (nSPS) is 11.3. The molecule has 0 amide bonds. The molecule has 0 aliphatic rings. The van der Waals surface area contributed by atoms with E-state index in [0.717, 1.165) is 28.0 Å². The van der Waals surface area contributed by atoms with E-state index in [-0.39, 0.29) is 23.6 Å². The summed E-state index contributed by atoms with van der Waals surface area (Å²) in [7, 11) is 3.03. The number of carboxylic acid groups (broad SMARTS) is 1. The van der Waals surface area contributed by atoms with E-state index in [1.165, 1.54) is 31.0 Å². The molecule has 0 spiro atoms. The molecule has 1 N–H and O–H groups in total. The highest BCUT2D eigenvalue weighted by Gasteiger charge is 2.19. The summed E-state index contributed by atoms with van der Waals surface area (Å²) in [5, 5.41) is 14.3. The van der Waals surface area contributed by atoms with Gasteiger partial charge in [-0.05, 0) is 85.0 Å². The molecule has 1 heterocycles. The average molecular weight is 636 g/mol. The summed E-state index contributed by atoms with van der Waals surface area (Å²) >= 11 is 0. The third kappa shape index (κ3) is 6.96. The molecule has 10 heteroatoms. The molecule has 0 aliphatic heterocycles. The van der Waals surface area contributed by atoms with Gasteiger partial charge < -0.3 is 24.1 Å². The third-order valence-corrected chi connectivity index (χ3v) is 7.66. The molecule has 5 rings (SSSR count). The number of aryl methyl sites for hydroxylation is 1. The van der Waals surface area contributed by atoms with E-state index in [0.29, 0.717) is 46.1 Å². The van der Waals surface area contributed by atoms with Crippen molar-refractivity contribution < 1.29 is 28.8 Å². The summed E-state index contributed by atoms with van der Waals surface area (Å²) in [4.78, 5) is 30.0. The topological polar surface area (TPSA) is 121 Å². The number of hydrogen-bond acceptors (Lipinski definition) is 8. The van der Waals surface area contributed by atoms with Crippen LogP contribution in [0.15, 0.2) is 82.7 Å². The minimum absolute atomic E-state index is 0.154. The maximum absolute atomic E-state index is 13.9. The first kappa shape index (κ1) is 32.7. The highest BCUT2D eigenvalue weighted by Crippen LogP contribution is 2.39. The van der Waals surface area contributed by atoms with Crippen molar-refractivity contribution in [2.45, 2.75) is 40.2 Å². The van der Waals surface area contributed by atoms with Crippen LogP contribution < -0.4 is 24.5 Å². The number of methoxy groups -OCH3 is 2. The van der Waals surface area contributed by atoms with Crippen LogP contribution >= 0.6 is 0 Å². The van der Waals surface area contributed by atoms with Crippen molar-refractivity contribution >= 4 is 23.1 Å². The lowest BCUT2D eigenvalue weighted by Gasteiger charge is -2.18. The number of hydrogen-bond donors (Lipinski definition) is 1. The first-order chi connectivity index (χ1) is 22.6. The van der Waals surface area contributed by atoms with Gasteiger partial charge in [-0.25, -0.2) is 9.78 Å². The number of para-hydroxylation sites is 1. The van der Waals surface area contributed by atoms with Gasteiger partial charge in [0.25, 0.3) is 5.56 Å². The second-order valence-corrected chi connectivity index (χ2v) is 11.2. The first-order valence-electron chi connectivity index (χ1n) is 15.2. The predicted octanol–water partition coefficient (Wildman–Crippen LogP) is 7.07. The Bertz CT molecular complexity index is 1990. The van der Waals surface area contributed by atoms with Gasteiger partial charge in [0, 0.05) is 11.1 Å². The summed E-state index contributed by atoms with van der Waals surface area (Å²) in [5.74, 6) is 1.53. The zero-order valence-corrected chi connectivity index (χ0v) is 27.2. The van der Waals surface area contributed by atoms with Crippen LogP contribution in [0.3, 0.4) is 0 Å². The fraction of sp³-hybridized carbons (Fsp3) is 0.243. The smallest absolute Gasteiger partial charge is 0.335 e. The zero-order valence-electron chi connectivity index (χ0n) is 27.2. The summed E-state index contributed by atoms with van der Waals surface area (Å²) in [5.41, 5.74) is 4.48. The number of ether oxygens (including phenoxy) is 4. The number of rotatable bonds is 12. The Morgan fingerprint density at radius 3 is 2.26 bits per heavy atom. The summed E-state index contributed by atoms with van der Waals surface area (Å²) in [6.07, 6.45) is 1.55. The average Bonchev–Trinajstić information content (AvgIpc) is 3.07. The number of aromatic carboxylic acids is 1. The highest BCUT2D eigenvalue weighted by atomic mass is 16.5. The maximum atomic E-state index is 13.9. The van der Waals surface area contributed by atoms with Crippen LogP contribution in [0.5, 0.6) is 23.0 Å². The van der Waals surface area contributed by atoms with Gasteiger partial charge in [0.15, 0.2) is 17.3 Å². The van der Waals surface area contributed by atoms with Gasteiger partial charge >= 0.3 is 5.97 Å². The Balaban J connectivity index is 1.57. The molecular formula is C37H37N3O7. The molecule has 0 bridgehead atoms. The molecule has 0 atom stereocenters. The highest BCUT2D eigenvalue weighted by molar-refractivity contribution is 5.87. The van der Waals surface area contributed by atoms with Gasteiger partial charge in [-0.15, -0.1) is 0 Å². The lowest BCUT2D eigenvalue weighted by atomic mass is 9.96. The molecule has 0 saturated carbocycles. The predicted molar refractivity (Wildman–Crippen MR) is 182 cm³/mol. The number of carbonyl (C=O) groups is 1. The SMILES string of the molecule is CCOc1cc(C)c(-c2nc3ccccc3c(=O)n2N=Cc2cc(OC)c(OCc3ccc(C(=O)O)cc3)c(OC)c2)cc1C(C)C. The molecule has 242 valence electrons. The van der Waals surface area contributed by atoms with Crippen molar-refractivity contribution in [1.29, 1.82) is 0 Å². The van der Waals surface area contributed by atoms with E-state index in [9.17, 15) is 9.59 Å². The Labute approximate surface area is 272 Å². The second kappa shape index (κ2) is 14.2. The van der Waals surface area contributed by atoms with Crippen LogP contribution in [-0.4, -0.2) is 47.8 Å². The lowest BCUT2D eigenvalue weighted by Crippen LogP contribution is -2.21. The molecule has 0 aliphatic carbocycles. The quantitative estimate of drug-likeness (QED) is 0.145. The van der Waals surface area contributed by atoms with Crippen LogP contribution in [-0.2, 0) is 6.61 Å². The third-order valence-electron chi connectivity index (χ3n) is 7.66. The number of carboxylic acids is 1. The Hall–Kier alpha value is -5.64. The van der Waals surface area contributed by atoms with Gasteiger partial charge in [0.1, 0.15) is 12.4 Å². The molecule has 10 nitrogen and oxygen atoms in total. The molecular weight excluding hydrogens is 598 g/mol. The van der Waals surface area contributed by atoms with Crippen molar-refractivity contribution in [3.8, 4) is 34.4 Å². The molecule has 0 fully saturated rings. The number of benzene rings is 4. The van der Waals surface area contributed by atoms with Crippen molar-refractivity contribution in [3.05, 3.63) is 111 Å². The molecule has 0 unspecified atom stereocenters. The van der Waals surface area contributed by atoms with Crippen molar-refractivity contribution in [2.24, 2.45) is 5.10 Å². The summed E-state index contributed by atoms with van der Waals surface area (Å²) in [6.45, 7) is 8.80. The minimum atomic E-state index is -0.998. The first-order valence-corrected chi connectivity index (χ1v) is 15.2. The van der Waals surface area contributed by atoms with Crippen molar-refractivity contribution in [3.63, 3.8) is 0 Å². The van der Waals surface area contributed by atoms with Gasteiger partial charge in [-0.2, -0.15) is 9.78 Å². The van der Waals surface area contributed by atoms with Gasteiger partial charge in [-0.1, -0.05) is 38.1 Å². The van der Waals surface area contributed by atoms with Crippen LogP contribution in [0.25, 0.3) is 22.3 Å². The maximum Gasteiger partial charge on any atom is 0.335 e. The van der Waals surface area contributed by atoms with Crippen LogP contribution in [0.1, 0.15) is 59.3 Å². The lowest BCUT2D eigenvalue weighted by molar-refractivity contribution is 0.0697. The van der Waals surface area contributed by atoms with E-state index in [1.807, 2.05) is 38.1 Å². The number of aromatic nitrogens is 2. The van der Waals surface area contributed by atoms with Crippen molar-refractivity contribution in [2.75, 3.05) is 20.8 Å². The van der Waals surface area contributed by atoms with E-state index in [2.05, 4.69) is 18.9 Å². The molecule has 0 saturated heterocycles. The van der Waals surface area contributed by atoms with E-state index >= 15 is 0 Å². The summed E-state index contributed by atoms with van der Waals surface area (Å²) in [6, 6.07) is 21.1. The van der Waals surface area contributed by atoms with Crippen LogP contribution in [0, 0.1) is 6.92 Å². The van der Waals surface area contributed by atoms with Gasteiger partial charge in [0.05, 0.1) is 43.5 Å².